The largest absolute Gasteiger partial charge is 0.313 e. The minimum atomic E-state index is 0.910. The zero-order valence-corrected chi connectivity index (χ0v) is 13.0. The third-order valence-corrected chi connectivity index (χ3v) is 4.47. The predicted octanol–water partition coefficient (Wildman–Crippen LogP) is 2.62. The molecule has 1 N–H and O–H groups in total. The Morgan fingerprint density at radius 1 is 1.26 bits per heavy atom. The number of hydrogen-bond donors (Lipinski definition) is 1. The molecule has 0 saturated heterocycles. The summed E-state index contributed by atoms with van der Waals surface area (Å²) in [5.41, 5.74) is 6.82. The molecule has 0 aromatic carbocycles. The fraction of sp³-hybridized carbons (Fsp3) is 0.571. The zero-order valence-electron chi connectivity index (χ0n) is 12.2. The smallest absolute Gasteiger partial charge is 0.0797 e. The Hall–Kier alpha value is -1.20. The van der Waals surface area contributed by atoms with E-state index in [4.69, 9.17) is 0 Å². The van der Waals surface area contributed by atoms with Crippen LogP contribution in [0.1, 0.15) is 34.4 Å². The molecule has 0 spiro atoms. The Labute approximate surface area is 118 Å². The van der Waals surface area contributed by atoms with Crippen LogP contribution in [0, 0.1) is 20.8 Å². The van der Waals surface area contributed by atoms with Crippen molar-refractivity contribution in [1.29, 1.82) is 0 Å². The minimum Gasteiger partial charge on any atom is -0.313 e. The van der Waals surface area contributed by atoms with E-state index < -0.39 is 0 Å². The molecule has 0 bridgehead atoms. The third kappa shape index (κ3) is 3.22. The second kappa shape index (κ2) is 6.30. The maximum Gasteiger partial charge on any atom is 0.0797 e. The molecular weight excluding hydrogens is 256 g/mol. The number of nitrogens with zero attached hydrogens (tertiary/aromatic N) is 3. The molecule has 0 saturated carbocycles. The lowest BCUT2D eigenvalue weighted by atomic mass is 10.2. The molecule has 4 nitrogen and oxygen atoms in total. The molecule has 0 amide bonds. The van der Waals surface area contributed by atoms with E-state index in [1.54, 1.807) is 11.3 Å². The Morgan fingerprint density at radius 2 is 2.05 bits per heavy atom. The number of hydrogen-bond acceptors (Lipinski definition) is 4. The van der Waals surface area contributed by atoms with E-state index in [1.807, 2.05) is 5.51 Å². The van der Waals surface area contributed by atoms with E-state index in [0.29, 0.717) is 0 Å². The van der Waals surface area contributed by atoms with Crippen LogP contribution in [0.15, 0.2) is 5.51 Å². The van der Waals surface area contributed by atoms with E-state index >= 15 is 0 Å². The highest BCUT2D eigenvalue weighted by molar-refractivity contribution is 7.09. The maximum absolute atomic E-state index is 4.65. The molecule has 19 heavy (non-hydrogen) atoms. The van der Waals surface area contributed by atoms with Crippen LogP contribution in [0.2, 0.25) is 0 Å². The molecule has 104 valence electrons. The lowest BCUT2D eigenvalue weighted by Gasteiger charge is -2.05. The normalized spacial score (nSPS) is 11.2. The van der Waals surface area contributed by atoms with Crippen LogP contribution in [0.5, 0.6) is 0 Å². The average molecular weight is 278 g/mol. The highest BCUT2D eigenvalue weighted by Crippen LogP contribution is 2.16. The van der Waals surface area contributed by atoms with Gasteiger partial charge in [0.1, 0.15) is 0 Å². The standard InChI is InChI=1S/C14H22N4S/c1-5-15-8-13-10(2)17-18(12(13)4)7-6-14-11(3)16-9-19-14/h9,15H,5-8H2,1-4H3. The van der Waals surface area contributed by atoms with Crippen LogP contribution < -0.4 is 5.32 Å². The summed E-state index contributed by atoms with van der Waals surface area (Å²) in [5.74, 6) is 0. The molecule has 2 aromatic heterocycles. The molecule has 2 aromatic rings. The van der Waals surface area contributed by atoms with Crippen molar-refractivity contribution in [2.24, 2.45) is 0 Å². The second-order valence-electron chi connectivity index (χ2n) is 4.76. The van der Waals surface area contributed by atoms with E-state index in [9.17, 15) is 0 Å². The molecule has 0 radical (unpaired) electrons. The Balaban J connectivity index is 2.07. The monoisotopic (exact) mass is 278 g/mol. The van der Waals surface area contributed by atoms with Gasteiger partial charge in [0, 0.05) is 35.6 Å². The lowest BCUT2D eigenvalue weighted by molar-refractivity contribution is 0.594. The van der Waals surface area contributed by atoms with Crippen LogP contribution in [0.3, 0.4) is 0 Å². The SMILES string of the molecule is CCNCc1c(C)nn(CCc2scnc2C)c1C. The van der Waals surface area contributed by atoms with Crippen molar-refractivity contribution in [2.75, 3.05) is 6.54 Å². The van der Waals surface area contributed by atoms with Crippen LogP contribution in [0.4, 0.5) is 0 Å². The number of aryl methyl sites for hydroxylation is 4. The summed E-state index contributed by atoms with van der Waals surface area (Å²) in [6.45, 7) is 11.3. The van der Waals surface area contributed by atoms with Gasteiger partial charge >= 0.3 is 0 Å². The van der Waals surface area contributed by atoms with Gasteiger partial charge in [0.05, 0.1) is 16.9 Å². The summed E-state index contributed by atoms with van der Waals surface area (Å²) in [5, 5.41) is 8.03. The molecule has 0 fully saturated rings. The first-order chi connectivity index (χ1) is 9.13. The molecule has 0 aliphatic carbocycles. The summed E-state index contributed by atoms with van der Waals surface area (Å²) in [6.07, 6.45) is 1.01. The van der Waals surface area contributed by atoms with Crippen LogP contribution in [-0.2, 0) is 19.5 Å². The van der Waals surface area contributed by atoms with Crippen molar-refractivity contribution in [3.63, 3.8) is 0 Å². The molecule has 5 heteroatoms. The highest BCUT2D eigenvalue weighted by atomic mass is 32.1. The van der Waals surface area contributed by atoms with E-state index in [0.717, 1.165) is 37.4 Å². The van der Waals surface area contributed by atoms with Gasteiger partial charge in [-0.05, 0) is 27.3 Å². The maximum atomic E-state index is 4.65. The number of aromatic nitrogens is 3. The first kappa shape index (κ1) is 14.2. The zero-order chi connectivity index (χ0) is 13.8. The summed E-state index contributed by atoms with van der Waals surface area (Å²) >= 11 is 1.73. The third-order valence-electron chi connectivity index (χ3n) is 3.48. The van der Waals surface area contributed by atoms with E-state index in [-0.39, 0.29) is 0 Å². The summed E-state index contributed by atoms with van der Waals surface area (Å²) in [7, 11) is 0. The molecule has 0 atom stereocenters. The van der Waals surface area contributed by atoms with Crippen molar-refractivity contribution in [3.05, 3.63) is 33.0 Å². The molecule has 0 unspecified atom stereocenters. The van der Waals surface area contributed by atoms with E-state index in [2.05, 4.69) is 47.8 Å². The topological polar surface area (TPSA) is 42.7 Å². The number of nitrogens with one attached hydrogen (secondary N) is 1. The summed E-state index contributed by atoms with van der Waals surface area (Å²) in [4.78, 5) is 5.66. The predicted molar refractivity (Wildman–Crippen MR) is 79.6 cm³/mol. The summed E-state index contributed by atoms with van der Waals surface area (Å²) < 4.78 is 2.13. The van der Waals surface area contributed by atoms with Gasteiger partial charge in [0.25, 0.3) is 0 Å². The first-order valence-corrected chi connectivity index (χ1v) is 7.64. The quantitative estimate of drug-likeness (QED) is 0.883. The van der Waals surface area contributed by atoms with Crippen molar-refractivity contribution >= 4 is 11.3 Å². The van der Waals surface area contributed by atoms with Gasteiger partial charge in [-0.3, -0.25) is 4.68 Å². The van der Waals surface area contributed by atoms with Crippen LogP contribution in [-0.4, -0.2) is 21.3 Å². The molecule has 0 aliphatic heterocycles. The molecule has 0 aliphatic rings. The fourth-order valence-electron chi connectivity index (χ4n) is 2.23. The van der Waals surface area contributed by atoms with Crippen molar-refractivity contribution in [1.82, 2.24) is 20.1 Å². The van der Waals surface area contributed by atoms with Gasteiger partial charge in [0.15, 0.2) is 0 Å². The van der Waals surface area contributed by atoms with Crippen LogP contribution in [0.25, 0.3) is 0 Å². The highest BCUT2D eigenvalue weighted by Gasteiger charge is 2.11. The molecular formula is C14H22N4S. The van der Waals surface area contributed by atoms with Gasteiger partial charge in [-0.2, -0.15) is 5.10 Å². The van der Waals surface area contributed by atoms with Crippen molar-refractivity contribution in [3.8, 4) is 0 Å². The molecule has 2 heterocycles. The first-order valence-electron chi connectivity index (χ1n) is 6.76. The van der Waals surface area contributed by atoms with E-state index in [1.165, 1.54) is 16.1 Å². The van der Waals surface area contributed by atoms with Gasteiger partial charge in [-0.15, -0.1) is 11.3 Å². The Morgan fingerprint density at radius 3 is 2.68 bits per heavy atom. The molecule has 2 rings (SSSR count). The number of thiazole rings is 1. The Bertz CT molecular complexity index is 542. The van der Waals surface area contributed by atoms with Crippen LogP contribution >= 0.6 is 11.3 Å². The second-order valence-corrected chi connectivity index (χ2v) is 5.70. The Kier molecular flexibility index (Phi) is 4.71. The van der Waals surface area contributed by atoms with Gasteiger partial charge in [0.2, 0.25) is 0 Å². The minimum absolute atomic E-state index is 0.910. The van der Waals surface area contributed by atoms with Gasteiger partial charge in [-0.1, -0.05) is 6.92 Å². The van der Waals surface area contributed by atoms with Crippen molar-refractivity contribution in [2.45, 2.75) is 47.2 Å². The average Bonchev–Trinajstić information content (AvgIpc) is 2.90. The summed E-state index contributed by atoms with van der Waals surface area (Å²) in [6, 6.07) is 0. The number of rotatable bonds is 6. The van der Waals surface area contributed by atoms with Crippen molar-refractivity contribution < 1.29 is 0 Å². The van der Waals surface area contributed by atoms with Gasteiger partial charge < -0.3 is 5.32 Å². The fourth-order valence-corrected chi connectivity index (χ4v) is 3.00. The van der Waals surface area contributed by atoms with Gasteiger partial charge in [-0.25, -0.2) is 4.98 Å². The lowest BCUT2D eigenvalue weighted by Crippen LogP contribution is -2.13.